The van der Waals surface area contributed by atoms with E-state index in [0.29, 0.717) is 17.3 Å². The van der Waals surface area contributed by atoms with Crippen molar-refractivity contribution < 1.29 is 14.3 Å². The first kappa shape index (κ1) is 16.5. The number of esters is 1. The van der Waals surface area contributed by atoms with Crippen molar-refractivity contribution in [1.82, 2.24) is 4.98 Å². The van der Waals surface area contributed by atoms with Crippen LogP contribution in [0.4, 0.5) is 0 Å². The molecule has 4 nitrogen and oxygen atoms in total. The smallest absolute Gasteiger partial charge is 0.312 e. The molecule has 0 bridgehead atoms. The highest BCUT2D eigenvalue weighted by Gasteiger charge is 2.09. The number of benzene rings is 1. The summed E-state index contributed by atoms with van der Waals surface area (Å²) in [7, 11) is 0. The SMILES string of the molecule is C=C(C)COC(=O)Cc1csc(COc2ccc(Cl)cc2)n1. The van der Waals surface area contributed by atoms with E-state index >= 15 is 0 Å². The minimum Gasteiger partial charge on any atom is -0.486 e. The summed E-state index contributed by atoms with van der Waals surface area (Å²) in [5, 5.41) is 3.30. The number of hydrogen-bond acceptors (Lipinski definition) is 5. The van der Waals surface area contributed by atoms with Crippen LogP contribution in [0.2, 0.25) is 5.02 Å². The van der Waals surface area contributed by atoms with Crippen LogP contribution in [0.15, 0.2) is 41.8 Å². The molecular formula is C16H16ClNO3S. The Kier molecular flexibility index (Phi) is 5.98. The highest BCUT2D eigenvalue weighted by Crippen LogP contribution is 2.18. The first-order valence-corrected chi connectivity index (χ1v) is 7.90. The van der Waals surface area contributed by atoms with Crippen molar-refractivity contribution in [2.45, 2.75) is 20.0 Å². The molecule has 0 saturated carbocycles. The standard InChI is InChI=1S/C16H16ClNO3S/c1-11(2)8-21-16(19)7-13-10-22-15(18-13)9-20-14-5-3-12(17)4-6-14/h3-6,10H,1,7-9H2,2H3. The topological polar surface area (TPSA) is 48.4 Å². The van der Waals surface area contributed by atoms with E-state index in [4.69, 9.17) is 21.1 Å². The summed E-state index contributed by atoms with van der Waals surface area (Å²) in [5.74, 6) is 0.417. The first-order chi connectivity index (χ1) is 10.5. The highest BCUT2D eigenvalue weighted by molar-refractivity contribution is 7.09. The summed E-state index contributed by atoms with van der Waals surface area (Å²) in [6.45, 7) is 6.09. The molecule has 0 aliphatic heterocycles. The van der Waals surface area contributed by atoms with Crippen molar-refractivity contribution >= 4 is 28.9 Å². The molecular weight excluding hydrogens is 322 g/mol. The zero-order valence-corrected chi connectivity index (χ0v) is 13.7. The molecule has 0 atom stereocenters. The van der Waals surface area contributed by atoms with Gasteiger partial charge in [0.05, 0.1) is 12.1 Å². The molecule has 0 fully saturated rings. The fourth-order valence-electron chi connectivity index (χ4n) is 1.57. The van der Waals surface area contributed by atoms with Crippen molar-refractivity contribution in [2.75, 3.05) is 6.61 Å². The Morgan fingerprint density at radius 2 is 2.09 bits per heavy atom. The molecule has 1 aromatic heterocycles. The Morgan fingerprint density at radius 3 is 2.77 bits per heavy atom. The van der Waals surface area contributed by atoms with Crippen LogP contribution in [0.3, 0.4) is 0 Å². The summed E-state index contributed by atoms with van der Waals surface area (Å²) < 4.78 is 10.6. The lowest BCUT2D eigenvalue weighted by atomic mass is 10.3. The molecule has 1 heterocycles. The molecule has 0 spiro atoms. The van der Waals surface area contributed by atoms with Crippen molar-refractivity contribution in [3.05, 3.63) is 57.5 Å². The highest BCUT2D eigenvalue weighted by atomic mass is 35.5. The van der Waals surface area contributed by atoms with Crippen LogP contribution >= 0.6 is 22.9 Å². The molecule has 0 N–H and O–H groups in total. The van der Waals surface area contributed by atoms with Crippen LogP contribution in [-0.2, 0) is 22.6 Å². The number of hydrogen-bond donors (Lipinski definition) is 0. The molecule has 0 aliphatic carbocycles. The monoisotopic (exact) mass is 337 g/mol. The summed E-state index contributed by atoms with van der Waals surface area (Å²) in [6, 6.07) is 7.13. The zero-order valence-electron chi connectivity index (χ0n) is 12.2. The van der Waals surface area contributed by atoms with Gasteiger partial charge in [-0.05, 0) is 36.8 Å². The molecule has 0 amide bonds. The number of rotatable bonds is 7. The Bertz CT molecular complexity index is 652. The second-order valence-corrected chi connectivity index (χ2v) is 6.15. The molecule has 0 radical (unpaired) electrons. The van der Waals surface area contributed by atoms with Gasteiger partial charge in [0.1, 0.15) is 24.0 Å². The van der Waals surface area contributed by atoms with Gasteiger partial charge in [-0.15, -0.1) is 11.3 Å². The molecule has 0 saturated heterocycles. The Balaban J connectivity index is 1.82. The van der Waals surface area contributed by atoms with Gasteiger partial charge in [0.15, 0.2) is 0 Å². The zero-order chi connectivity index (χ0) is 15.9. The molecule has 1 aromatic carbocycles. The minimum absolute atomic E-state index is 0.157. The van der Waals surface area contributed by atoms with Gasteiger partial charge in [-0.25, -0.2) is 4.98 Å². The summed E-state index contributed by atoms with van der Waals surface area (Å²) in [5.41, 5.74) is 1.50. The fraction of sp³-hybridized carbons (Fsp3) is 0.250. The maximum absolute atomic E-state index is 11.6. The first-order valence-electron chi connectivity index (χ1n) is 6.64. The van der Waals surface area contributed by atoms with Crippen molar-refractivity contribution in [1.29, 1.82) is 0 Å². The van der Waals surface area contributed by atoms with Crippen LogP contribution in [0.1, 0.15) is 17.6 Å². The second-order valence-electron chi connectivity index (χ2n) is 4.77. The predicted molar refractivity (Wildman–Crippen MR) is 87.4 cm³/mol. The quantitative estimate of drug-likeness (QED) is 0.565. The third-order valence-corrected chi connectivity index (χ3v) is 3.70. The van der Waals surface area contributed by atoms with Crippen molar-refractivity contribution in [3.8, 4) is 5.75 Å². The van der Waals surface area contributed by atoms with Crippen LogP contribution in [0, 0.1) is 0 Å². The molecule has 2 aromatic rings. The van der Waals surface area contributed by atoms with Gasteiger partial charge < -0.3 is 9.47 Å². The molecule has 0 aliphatic rings. The van der Waals surface area contributed by atoms with E-state index < -0.39 is 0 Å². The number of aromatic nitrogens is 1. The normalized spacial score (nSPS) is 10.3. The van der Waals surface area contributed by atoms with Gasteiger partial charge in [-0.2, -0.15) is 0 Å². The average Bonchev–Trinajstić information content (AvgIpc) is 2.92. The maximum atomic E-state index is 11.6. The van der Waals surface area contributed by atoms with Crippen molar-refractivity contribution in [3.63, 3.8) is 0 Å². The molecule has 2 rings (SSSR count). The number of nitrogens with zero attached hydrogens (tertiary/aromatic N) is 1. The van der Waals surface area contributed by atoms with Crippen LogP contribution in [0.5, 0.6) is 5.75 Å². The van der Waals surface area contributed by atoms with Gasteiger partial charge in [-0.3, -0.25) is 4.79 Å². The van der Waals surface area contributed by atoms with Gasteiger partial charge in [0, 0.05) is 10.4 Å². The van der Waals surface area contributed by atoms with Gasteiger partial charge >= 0.3 is 5.97 Å². The van der Waals surface area contributed by atoms with E-state index in [1.54, 1.807) is 24.3 Å². The molecule has 0 unspecified atom stereocenters. The maximum Gasteiger partial charge on any atom is 0.312 e. The summed E-state index contributed by atoms with van der Waals surface area (Å²) in [6.07, 6.45) is 0.157. The van der Waals surface area contributed by atoms with Gasteiger partial charge in [0.2, 0.25) is 0 Å². The van der Waals surface area contributed by atoms with Gasteiger partial charge in [-0.1, -0.05) is 18.2 Å². The molecule has 22 heavy (non-hydrogen) atoms. The molecule has 116 valence electrons. The van der Waals surface area contributed by atoms with Crippen LogP contribution in [-0.4, -0.2) is 17.6 Å². The summed E-state index contributed by atoms with van der Waals surface area (Å²) >= 11 is 7.26. The van der Waals surface area contributed by atoms with Crippen molar-refractivity contribution in [2.24, 2.45) is 0 Å². The minimum atomic E-state index is -0.307. The van der Waals surface area contributed by atoms with E-state index in [0.717, 1.165) is 16.3 Å². The number of thiazole rings is 1. The third kappa shape index (κ3) is 5.50. The number of carbonyl (C=O) groups excluding carboxylic acids is 1. The fourth-order valence-corrected chi connectivity index (χ4v) is 2.41. The number of carbonyl (C=O) groups is 1. The molecule has 6 heteroatoms. The Labute approximate surface area is 138 Å². The van der Waals surface area contributed by atoms with Gasteiger partial charge in [0.25, 0.3) is 0 Å². The lowest BCUT2D eigenvalue weighted by Crippen LogP contribution is -2.09. The van der Waals surface area contributed by atoms with Crippen LogP contribution < -0.4 is 4.74 Å². The second kappa shape index (κ2) is 7.96. The lowest BCUT2D eigenvalue weighted by molar-refractivity contribution is -0.141. The van der Waals surface area contributed by atoms with E-state index in [9.17, 15) is 4.79 Å². The Morgan fingerprint density at radius 1 is 1.36 bits per heavy atom. The number of ether oxygens (including phenoxy) is 2. The van der Waals surface area contributed by atoms with E-state index in [1.807, 2.05) is 12.3 Å². The van der Waals surface area contributed by atoms with E-state index in [-0.39, 0.29) is 19.0 Å². The summed E-state index contributed by atoms with van der Waals surface area (Å²) in [4.78, 5) is 15.9. The average molecular weight is 338 g/mol. The predicted octanol–water partition coefficient (Wildman–Crippen LogP) is 4.04. The number of halogens is 1. The third-order valence-electron chi connectivity index (χ3n) is 2.58. The lowest BCUT2D eigenvalue weighted by Gasteiger charge is -2.03. The van der Waals surface area contributed by atoms with E-state index in [2.05, 4.69) is 11.6 Å². The van der Waals surface area contributed by atoms with E-state index in [1.165, 1.54) is 11.3 Å². The Hall–Kier alpha value is -1.85. The van der Waals surface area contributed by atoms with Crippen LogP contribution in [0.25, 0.3) is 0 Å². The largest absolute Gasteiger partial charge is 0.486 e.